The summed E-state index contributed by atoms with van der Waals surface area (Å²) in [6.07, 6.45) is 3.57. The highest BCUT2D eigenvalue weighted by Crippen LogP contribution is 2.25. The molecule has 1 aliphatic heterocycles. The zero-order valence-electron chi connectivity index (χ0n) is 17.0. The molecule has 6 nitrogen and oxygen atoms in total. The molecular formula is C22H30N4O2. The lowest BCUT2D eigenvalue weighted by Gasteiger charge is -2.30. The molecule has 28 heavy (non-hydrogen) atoms. The largest absolute Gasteiger partial charge is 0.379 e. The molecule has 150 valence electrons. The summed E-state index contributed by atoms with van der Waals surface area (Å²) in [5.74, 6) is 0. The van der Waals surface area contributed by atoms with Gasteiger partial charge in [0.25, 0.3) is 0 Å². The number of aryl methyl sites for hydroxylation is 2. The van der Waals surface area contributed by atoms with Gasteiger partial charge in [0.2, 0.25) is 0 Å². The van der Waals surface area contributed by atoms with Crippen molar-refractivity contribution in [2.45, 2.75) is 19.9 Å². The van der Waals surface area contributed by atoms with Gasteiger partial charge in [-0.1, -0.05) is 29.8 Å². The average molecular weight is 383 g/mol. The number of benzene rings is 1. The van der Waals surface area contributed by atoms with Gasteiger partial charge in [-0.2, -0.15) is 0 Å². The maximum atomic E-state index is 12.9. The molecule has 1 N–H and O–H groups in total. The molecule has 3 rings (SSSR count). The fourth-order valence-electron chi connectivity index (χ4n) is 3.41. The van der Waals surface area contributed by atoms with E-state index in [0.29, 0.717) is 6.54 Å². The molecular weight excluding hydrogens is 352 g/mol. The average Bonchev–Trinajstić information content (AvgIpc) is 2.73. The molecule has 2 aromatic rings. The molecule has 1 aliphatic rings. The Kier molecular flexibility index (Phi) is 7.01. The first kappa shape index (κ1) is 20.3. The standard InChI is InChI=1S/C22H30N4O2/c1-17-6-7-18(2)20(15-17)21(19-5-4-8-23-16-19)24-22(27)25(3)9-10-26-11-13-28-14-12-26/h4-8,15-16,21H,9-14H2,1-3H3,(H,24,27)/t21-/m1/s1. The lowest BCUT2D eigenvalue weighted by Crippen LogP contribution is -2.45. The quantitative estimate of drug-likeness (QED) is 0.835. The highest BCUT2D eigenvalue weighted by molar-refractivity contribution is 5.75. The molecule has 1 aromatic heterocycles. The molecule has 0 bridgehead atoms. The maximum absolute atomic E-state index is 12.9. The molecule has 2 amide bonds. The van der Waals surface area contributed by atoms with Gasteiger partial charge in [0.1, 0.15) is 0 Å². The van der Waals surface area contributed by atoms with Gasteiger partial charge in [0.05, 0.1) is 19.3 Å². The normalized spacial score (nSPS) is 15.8. The van der Waals surface area contributed by atoms with Gasteiger partial charge in [-0.05, 0) is 36.6 Å². The number of amides is 2. The van der Waals surface area contributed by atoms with E-state index >= 15 is 0 Å². The first-order chi connectivity index (χ1) is 13.5. The lowest BCUT2D eigenvalue weighted by molar-refractivity contribution is 0.0357. The van der Waals surface area contributed by atoms with Gasteiger partial charge >= 0.3 is 6.03 Å². The Balaban J connectivity index is 1.71. The Morgan fingerprint density at radius 2 is 2.07 bits per heavy atom. The predicted octanol–water partition coefficient (Wildman–Crippen LogP) is 2.76. The lowest BCUT2D eigenvalue weighted by atomic mass is 9.94. The number of pyridine rings is 1. The molecule has 0 radical (unpaired) electrons. The van der Waals surface area contributed by atoms with Crippen molar-refractivity contribution in [1.29, 1.82) is 0 Å². The van der Waals surface area contributed by atoms with Crippen LogP contribution in [0.5, 0.6) is 0 Å². The van der Waals surface area contributed by atoms with Gasteiger partial charge < -0.3 is 15.0 Å². The van der Waals surface area contributed by atoms with Crippen LogP contribution >= 0.6 is 0 Å². The second-order valence-corrected chi connectivity index (χ2v) is 7.40. The van der Waals surface area contributed by atoms with Crippen molar-refractivity contribution < 1.29 is 9.53 Å². The van der Waals surface area contributed by atoms with Crippen molar-refractivity contribution in [3.05, 3.63) is 65.0 Å². The summed E-state index contributed by atoms with van der Waals surface area (Å²) in [4.78, 5) is 21.3. The van der Waals surface area contributed by atoms with E-state index in [-0.39, 0.29) is 12.1 Å². The van der Waals surface area contributed by atoms with E-state index in [1.54, 1.807) is 11.1 Å². The van der Waals surface area contributed by atoms with Crippen molar-refractivity contribution in [3.8, 4) is 0 Å². The number of hydrogen-bond donors (Lipinski definition) is 1. The Bertz CT molecular complexity index is 775. The van der Waals surface area contributed by atoms with Crippen LogP contribution in [-0.2, 0) is 4.74 Å². The second-order valence-electron chi connectivity index (χ2n) is 7.40. The number of hydrogen-bond acceptors (Lipinski definition) is 4. The van der Waals surface area contributed by atoms with E-state index < -0.39 is 0 Å². The fourth-order valence-corrected chi connectivity index (χ4v) is 3.41. The summed E-state index contributed by atoms with van der Waals surface area (Å²) in [5.41, 5.74) is 4.40. The van der Waals surface area contributed by atoms with Crippen LogP contribution < -0.4 is 5.32 Å². The van der Waals surface area contributed by atoms with Gasteiger partial charge in [0, 0.05) is 45.6 Å². The van der Waals surface area contributed by atoms with Crippen LogP contribution in [0.3, 0.4) is 0 Å². The Morgan fingerprint density at radius 3 is 2.79 bits per heavy atom. The van der Waals surface area contributed by atoms with Crippen LogP contribution in [0.25, 0.3) is 0 Å². The van der Waals surface area contributed by atoms with E-state index in [0.717, 1.165) is 49.5 Å². The summed E-state index contributed by atoms with van der Waals surface area (Å²) in [6.45, 7) is 9.07. The SMILES string of the molecule is Cc1ccc(C)c([C@H](NC(=O)N(C)CCN2CCOCC2)c2cccnc2)c1. The second kappa shape index (κ2) is 9.66. The number of nitrogens with zero attached hydrogens (tertiary/aromatic N) is 3. The van der Waals surface area contributed by atoms with Gasteiger partial charge in [-0.3, -0.25) is 9.88 Å². The highest BCUT2D eigenvalue weighted by Gasteiger charge is 2.21. The number of carbonyl (C=O) groups is 1. The van der Waals surface area contributed by atoms with Crippen LogP contribution in [-0.4, -0.2) is 67.3 Å². The van der Waals surface area contributed by atoms with Crippen molar-refractivity contribution in [1.82, 2.24) is 20.1 Å². The fraction of sp³-hybridized carbons (Fsp3) is 0.455. The van der Waals surface area contributed by atoms with E-state index in [2.05, 4.69) is 47.2 Å². The molecule has 1 atom stereocenters. The molecule has 6 heteroatoms. The van der Waals surface area contributed by atoms with Crippen LogP contribution in [0.15, 0.2) is 42.7 Å². The third kappa shape index (κ3) is 5.30. The minimum Gasteiger partial charge on any atom is -0.379 e. The first-order valence-corrected chi connectivity index (χ1v) is 9.83. The third-order valence-electron chi connectivity index (χ3n) is 5.23. The number of likely N-dealkylation sites (N-methyl/N-ethyl adjacent to an activating group) is 1. The number of nitrogens with one attached hydrogen (secondary N) is 1. The van der Waals surface area contributed by atoms with E-state index in [1.807, 2.05) is 25.4 Å². The first-order valence-electron chi connectivity index (χ1n) is 9.83. The summed E-state index contributed by atoms with van der Waals surface area (Å²) < 4.78 is 5.38. The van der Waals surface area contributed by atoms with Crippen LogP contribution in [0, 0.1) is 13.8 Å². The molecule has 2 heterocycles. The number of rotatable bonds is 6. The van der Waals surface area contributed by atoms with Gasteiger partial charge in [-0.15, -0.1) is 0 Å². The minimum absolute atomic E-state index is 0.0805. The van der Waals surface area contributed by atoms with Crippen molar-refractivity contribution >= 4 is 6.03 Å². The van der Waals surface area contributed by atoms with Crippen LogP contribution in [0.4, 0.5) is 4.79 Å². The smallest absolute Gasteiger partial charge is 0.317 e. The van der Waals surface area contributed by atoms with Crippen LogP contribution in [0.2, 0.25) is 0 Å². The highest BCUT2D eigenvalue weighted by atomic mass is 16.5. The monoisotopic (exact) mass is 382 g/mol. The number of urea groups is 1. The maximum Gasteiger partial charge on any atom is 0.317 e. The molecule has 1 saturated heterocycles. The zero-order valence-corrected chi connectivity index (χ0v) is 17.0. The van der Waals surface area contributed by atoms with Crippen molar-refractivity contribution in [3.63, 3.8) is 0 Å². The van der Waals surface area contributed by atoms with E-state index in [4.69, 9.17) is 4.74 Å². The van der Waals surface area contributed by atoms with Gasteiger partial charge in [0.15, 0.2) is 0 Å². The zero-order chi connectivity index (χ0) is 19.9. The van der Waals surface area contributed by atoms with Crippen molar-refractivity contribution in [2.24, 2.45) is 0 Å². The molecule has 0 spiro atoms. The summed E-state index contributed by atoms with van der Waals surface area (Å²) >= 11 is 0. The van der Waals surface area contributed by atoms with Gasteiger partial charge in [-0.25, -0.2) is 4.79 Å². The minimum atomic E-state index is -0.230. The Morgan fingerprint density at radius 1 is 1.29 bits per heavy atom. The molecule has 1 fully saturated rings. The topological polar surface area (TPSA) is 57.7 Å². The summed E-state index contributed by atoms with van der Waals surface area (Å²) in [7, 11) is 1.85. The number of morpholine rings is 1. The Hall–Kier alpha value is -2.44. The molecule has 1 aromatic carbocycles. The van der Waals surface area contributed by atoms with Crippen LogP contribution in [0.1, 0.15) is 28.3 Å². The number of carbonyl (C=O) groups excluding carboxylic acids is 1. The summed E-state index contributed by atoms with van der Waals surface area (Å²) in [6, 6.07) is 9.93. The van der Waals surface area contributed by atoms with Crippen molar-refractivity contribution in [2.75, 3.05) is 46.4 Å². The third-order valence-corrected chi connectivity index (χ3v) is 5.23. The number of ether oxygens (including phenoxy) is 1. The van der Waals surface area contributed by atoms with E-state index in [9.17, 15) is 4.79 Å². The predicted molar refractivity (Wildman–Crippen MR) is 110 cm³/mol. The summed E-state index contributed by atoms with van der Waals surface area (Å²) in [5, 5.41) is 3.21. The Labute approximate surface area is 167 Å². The number of aromatic nitrogens is 1. The molecule has 0 saturated carbocycles. The van der Waals surface area contributed by atoms with E-state index in [1.165, 1.54) is 5.56 Å². The molecule has 0 unspecified atom stereocenters. The molecule has 0 aliphatic carbocycles.